The Balaban J connectivity index is 1.46. The minimum atomic E-state index is -0.878. The van der Waals surface area contributed by atoms with Gasteiger partial charge in [-0.3, -0.25) is 4.79 Å². The van der Waals surface area contributed by atoms with Crippen LogP contribution in [0.25, 0.3) is 10.1 Å². The summed E-state index contributed by atoms with van der Waals surface area (Å²) in [6, 6.07) is 11.9. The largest absolute Gasteiger partial charge is 0.356 e. The maximum absolute atomic E-state index is 13.1. The predicted molar refractivity (Wildman–Crippen MR) is 93.2 cm³/mol. The topological polar surface area (TPSA) is 29.1 Å². The first-order valence-electron chi connectivity index (χ1n) is 7.79. The SMILES string of the molecule is O=C(CCc1ccc(F)c(F)c1)NCCc1csc2ccccc12. The van der Waals surface area contributed by atoms with Crippen molar-refractivity contribution in [3.05, 3.63) is 70.6 Å². The van der Waals surface area contributed by atoms with Gasteiger partial charge in [0, 0.05) is 17.7 Å². The van der Waals surface area contributed by atoms with Crippen LogP contribution in [0.1, 0.15) is 17.5 Å². The van der Waals surface area contributed by atoms with Crippen LogP contribution in [0, 0.1) is 11.6 Å². The molecule has 3 rings (SSSR count). The summed E-state index contributed by atoms with van der Waals surface area (Å²) in [4.78, 5) is 11.9. The Hall–Kier alpha value is -2.27. The summed E-state index contributed by atoms with van der Waals surface area (Å²) in [5.74, 6) is -1.83. The van der Waals surface area contributed by atoms with Crippen molar-refractivity contribution < 1.29 is 13.6 Å². The third kappa shape index (κ3) is 3.97. The maximum atomic E-state index is 13.1. The molecule has 24 heavy (non-hydrogen) atoms. The van der Waals surface area contributed by atoms with Crippen LogP contribution in [0.5, 0.6) is 0 Å². The molecule has 0 aliphatic rings. The molecule has 0 saturated carbocycles. The van der Waals surface area contributed by atoms with Crippen LogP contribution < -0.4 is 5.32 Å². The average Bonchev–Trinajstić information content (AvgIpc) is 2.99. The second-order valence-electron chi connectivity index (χ2n) is 5.61. The van der Waals surface area contributed by atoms with E-state index in [0.717, 1.165) is 18.6 Å². The van der Waals surface area contributed by atoms with Gasteiger partial charge in [-0.15, -0.1) is 11.3 Å². The fourth-order valence-electron chi connectivity index (χ4n) is 2.60. The number of fused-ring (bicyclic) bond motifs is 1. The molecule has 0 atom stereocenters. The third-order valence-corrected chi connectivity index (χ3v) is 4.91. The minimum Gasteiger partial charge on any atom is -0.356 e. The molecule has 0 unspecified atom stereocenters. The Labute approximate surface area is 143 Å². The molecule has 0 aliphatic carbocycles. The van der Waals surface area contributed by atoms with Crippen LogP contribution in [-0.2, 0) is 17.6 Å². The summed E-state index contributed by atoms with van der Waals surface area (Å²) < 4.78 is 27.2. The fraction of sp³-hybridized carbons (Fsp3) is 0.211. The highest BCUT2D eigenvalue weighted by molar-refractivity contribution is 7.17. The number of hydrogen-bond acceptors (Lipinski definition) is 2. The van der Waals surface area contributed by atoms with E-state index >= 15 is 0 Å². The molecule has 0 aliphatic heterocycles. The summed E-state index contributed by atoms with van der Waals surface area (Å²) >= 11 is 1.70. The Morgan fingerprint density at radius 1 is 1.04 bits per heavy atom. The number of rotatable bonds is 6. The van der Waals surface area contributed by atoms with Crippen LogP contribution in [-0.4, -0.2) is 12.5 Å². The maximum Gasteiger partial charge on any atom is 0.220 e. The molecule has 2 nitrogen and oxygen atoms in total. The molecule has 0 bridgehead atoms. The number of carbonyl (C=O) groups excluding carboxylic acids is 1. The lowest BCUT2D eigenvalue weighted by Crippen LogP contribution is -2.25. The van der Waals surface area contributed by atoms with Gasteiger partial charge < -0.3 is 5.32 Å². The van der Waals surface area contributed by atoms with Gasteiger partial charge in [0.05, 0.1) is 0 Å². The van der Waals surface area contributed by atoms with Crippen molar-refractivity contribution in [3.63, 3.8) is 0 Å². The van der Waals surface area contributed by atoms with E-state index in [1.165, 1.54) is 21.7 Å². The lowest BCUT2D eigenvalue weighted by atomic mass is 10.1. The number of halogens is 2. The first-order chi connectivity index (χ1) is 11.6. The number of nitrogens with one attached hydrogen (secondary N) is 1. The van der Waals surface area contributed by atoms with Crippen LogP contribution in [0.4, 0.5) is 8.78 Å². The quantitative estimate of drug-likeness (QED) is 0.702. The Kier molecular flexibility index (Phi) is 5.20. The normalized spacial score (nSPS) is 10.9. The summed E-state index contributed by atoms with van der Waals surface area (Å²) in [5.41, 5.74) is 1.85. The minimum absolute atomic E-state index is 0.0840. The van der Waals surface area contributed by atoms with Gasteiger partial charge in [-0.05, 0) is 52.9 Å². The van der Waals surface area contributed by atoms with E-state index in [4.69, 9.17) is 0 Å². The molecule has 0 fully saturated rings. The van der Waals surface area contributed by atoms with E-state index < -0.39 is 11.6 Å². The molecule has 1 amide bonds. The Bertz CT molecular complexity index is 859. The van der Waals surface area contributed by atoms with E-state index in [0.29, 0.717) is 18.5 Å². The van der Waals surface area contributed by atoms with Crippen molar-refractivity contribution in [2.75, 3.05) is 6.54 Å². The van der Waals surface area contributed by atoms with E-state index in [9.17, 15) is 13.6 Å². The summed E-state index contributed by atoms with van der Waals surface area (Å²) in [5, 5.41) is 6.24. The molecular formula is C19H17F2NOS. The number of hydrogen-bond donors (Lipinski definition) is 1. The van der Waals surface area contributed by atoms with E-state index in [2.05, 4.69) is 22.8 Å². The molecule has 2 aromatic carbocycles. The van der Waals surface area contributed by atoms with Gasteiger partial charge in [0.2, 0.25) is 5.91 Å². The van der Waals surface area contributed by atoms with Gasteiger partial charge >= 0.3 is 0 Å². The second-order valence-corrected chi connectivity index (χ2v) is 6.52. The number of benzene rings is 2. The van der Waals surface area contributed by atoms with Gasteiger partial charge in [0.1, 0.15) is 0 Å². The first kappa shape index (κ1) is 16.6. The van der Waals surface area contributed by atoms with E-state index in [-0.39, 0.29) is 12.3 Å². The van der Waals surface area contributed by atoms with Crippen molar-refractivity contribution in [3.8, 4) is 0 Å². The number of amides is 1. The summed E-state index contributed by atoms with van der Waals surface area (Å²) in [6.45, 7) is 0.567. The standard InChI is InChI=1S/C19H17F2NOS/c20-16-7-5-13(11-17(16)21)6-8-19(23)22-10-9-14-12-24-18-4-2-1-3-15(14)18/h1-5,7,11-12H,6,8-10H2,(H,22,23). The third-order valence-electron chi connectivity index (χ3n) is 3.90. The molecule has 0 radical (unpaired) electrons. The highest BCUT2D eigenvalue weighted by atomic mass is 32.1. The summed E-state index contributed by atoms with van der Waals surface area (Å²) in [7, 11) is 0. The molecule has 1 N–H and O–H groups in total. The second kappa shape index (κ2) is 7.53. The van der Waals surface area contributed by atoms with Crippen molar-refractivity contribution in [1.82, 2.24) is 5.32 Å². The lowest BCUT2D eigenvalue weighted by Gasteiger charge is -2.05. The van der Waals surface area contributed by atoms with Crippen LogP contribution in [0.15, 0.2) is 47.8 Å². The highest BCUT2D eigenvalue weighted by Crippen LogP contribution is 2.25. The fourth-order valence-corrected chi connectivity index (χ4v) is 3.60. The summed E-state index contributed by atoms with van der Waals surface area (Å²) in [6.07, 6.45) is 1.43. The van der Waals surface area contributed by atoms with Crippen LogP contribution in [0.2, 0.25) is 0 Å². The van der Waals surface area contributed by atoms with Gasteiger partial charge in [-0.2, -0.15) is 0 Å². The molecule has 1 heterocycles. The molecule has 124 valence electrons. The predicted octanol–water partition coefficient (Wildman–Crippen LogP) is 4.47. The van der Waals surface area contributed by atoms with Gasteiger partial charge in [-0.25, -0.2) is 8.78 Å². The van der Waals surface area contributed by atoms with Crippen molar-refractivity contribution in [2.24, 2.45) is 0 Å². The van der Waals surface area contributed by atoms with Gasteiger partial charge in [0.15, 0.2) is 11.6 Å². The van der Waals surface area contributed by atoms with Crippen molar-refractivity contribution >= 4 is 27.3 Å². The smallest absolute Gasteiger partial charge is 0.220 e. The zero-order valence-electron chi connectivity index (χ0n) is 13.0. The molecular weight excluding hydrogens is 328 g/mol. The first-order valence-corrected chi connectivity index (χ1v) is 8.67. The number of thiophene rings is 1. The van der Waals surface area contributed by atoms with Gasteiger partial charge in [-0.1, -0.05) is 24.3 Å². The molecule has 5 heteroatoms. The van der Waals surface area contributed by atoms with E-state index in [1.54, 1.807) is 11.3 Å². The monoisotopic (exact) mass is 345 g/mol. The average molecular weight is 345 g/mol. The highest BCUT2D eigenvalue weighted by Gasteiger charge is 2.07. The Morgan fingerprint density at radius 2 is 1.88 bits per heavy atom. The number of aryl methyl sites for hydroxylation is 1. The molecule has 1 aromatic heterocycles. The number of carbonyl (C=O) groups is 1. The Morgan fingerprint density at radius 3 is 2.71 bits per heavy atom. The van der Waals surface area contributed by atoms with Gasteiger partial charge in [0.25, 0.3) is 0 Å². The van der Waals surface area contributed by atoms with Crippen LogP contribution >= 0.6 is 11.3 Å². The molecule has 0 saturated heterocycles. The zero-order valence-corrected chi connectivity index (χ0v) is 13.8. The van der Waals surface area contributed by atoms with E-state index in [1.807, 2.05) is 12.1 Å². The molecule has 3 aromatic rings. The lowest BCUT2D eigenvalue weighted by molar-refractivity contribution is -0.121. The molecule has 0 spiro atoms. The zero-order chi connectivity index (χ0) is 16.9. The van der Waals surface area contributed by atoms with Crippen molar-refractivity contribution in [1.29, 1.82) is 0 Å². The van der Waals surface area contributed by atoms with Crippen LogP contribution in [0.3, 0.4) is 0 Å². The van der Waals surface area contributed by atoms with Crippen molar-refractivity contribution in [2.45, 2.75) is 19.3 Å².